The number of carbonyl (C=O) groups is 1. The third-order valence-electron chi connectivity index (χ3n) is 2.26. The Balaban J connectivity index is 2.51. The molecule has 94 valence electrons. The Labute approximate surface area is 106 Å². The van der Waals surface area contributed by atoms with Crippen molar-refractivity contribution in [2.24, 2.45) is 0 Å². The number of nitrogens with one attached hydrogen (secondary N) is 1. The largest absolute Gasteiger partial charge is 0.381 e. The first-order chi connectivity index (χ1) is 8.15. The Morgan fingerprint density at radius 3 is 2.59 bits per heavy atom. The fraction of sp³-hybridized carbons (Fsp3) is 0.417. The fourth-order valence-electron chi connectivity index (χ4n) is 1.46. The van der Waals surface area contributed by atoms with Gasteiger partial charge in [-0.15, -0.1) is 0 Å². The molecule has 0 aromatic heterocycles. The summed E-state index contributed by atoms with van der Waals surface area (Å²) in [6.45, 7) is 3.01. The van der Waals surface area contributed by atoms with E-state index in [0.717, 1.165) is 5.56 Å². The number of amides is 1. The van der Waals surface area contributed by atoms with Gasteiger partial charge in [0, 0.05) is 18.1 Å². The topological polar surface area (TPSA) is 52.6 Å². The first-order valence-corrected chi connectivity index (χ1v) is 5.88. The van der Waals surface area contributed by atoms with Crippen LogP contribution < -0.4 is 5.32 Å². The van der Waals surface area contributed by atoms with Gasteiger partial charge in [-0.05, 0) is 24.6 Å². The van der Waals surface area contributed by atoms with Gasteiger partial charge in [0.2, 0.25) is 5.91 Å². The van der Waals surface area contributed by atoms with Crippen LogP contribution in [0.1, 0.15) is 12.5 Å². The summed E-state index contributed by atoms with van der Waals surface area (Å²) in [6.07, 6.45) is 0. The number of carbonyl (C=O) groups excluding carboxylic acids is 1. The molecule has 0 saturated heterocycles. The first-order valence-electron chi connectivity index (χ1n) is 5.50. The lowest BCUT2D eigenvalue weighted by molar-refractivity contribution is -0.123. The smallest absolute Gasteiger partial charge is 0.234 e. The molecule has 4 nitrogen and oxygen atoms in total. The number of benzene rings is 1. The molecule has 1 amide bonds. The van der Waals surface area contributed by atoms with E-state index in [2.05, 4.69) is 5.32 Å². The summed E-state index contributed by atoms with van der Waals surface area (Å²) >= 11 is 5.78. The minimum absolute atomic E-state index is 0.0875. The zero-order chi connectivity index (χ0) is 12.7. The van der Waals surface area contributed by atoms with Crippen molar-refractivity contribution in [1.82, 2.24) is 10.2 Å². The first kappa shape index (κ1) is 14.0. The number of aliphatic hydroxyl groups excluding tert-OH is 1. The number of likely N-dealkylation sites (N-methyl/N-ethyl adjacent to an activating group) is 1. The minimum atomic E-state index is -0.153. The van der Waals surface area contributed by atoms with E-state index in [1.54, 1.807) is 17.0 Å². The average molecular weight is 257 g/mol. The molecule has 2 N–H and O–H groups in total. The molecule has 0 atom stereocenters. The molecule has 0 unspecified atom stereocenters. The lowest BCUT2D eigenvalue weighted by Crippen LogP contribution is -2.37. The van der Waals surface area contributed by atoms with E-state index in [-0.39, 0.29) is 19.2 Å². The molecule has 0 bridgehead atoms. The highest BCUT2D eigenvalue weighted by atomic mass is 35.5. The Kier molecular flexibility index (Phi) is 5.97. The van der Waals surface area contributed by atoms with Crippen molar-refractivity contribution >= 4 is 17.5 Å². The SMILES string of the molecule is CCNC(=O)CN(CO)Cc1ccc(Cl)cc1. The zero-order valence-electron chi connectivity index (χ0n) is 9.82. The summed E-state index contributed by atoms with van der Waals surface area (Å²) in [7, 11) is 0. The predicted octanol–water partition coefficient (Wildman–Crippen LogP) is 1.23. The maximum Gasteiger partial charge on any atom is 0.234 e. The van der Waals surface area contributed by atoms with Crippen LogP contribution in [0.5, 0.6) is 0 Å². The Morgan fingerprint density at radius 2 is 2.06 bits per heavy atom. The van der Waals surface area contributed by atoms with Gasteiger partial charge in [-0.1, -0.05) is 23.7 Å². The summed E-state index contributed by atoms with van der Waals surface area (Å²) in [4.78, 5) is 13.0. The Morgan fingerprint density at radius 1 is 1.41 bits per heavy atom. The van der Waals surface area contributed by atoms with E-state index in [9.17, 15) is 9.90 Å². The molecule has 1 aromatic rings. The molecule has 17 heavy (non-hydrogen) atoms. The van der Waals surface area contributed by atoms with Crippen LogP contribution in [-0.4, -0.2) is 35.7 Å². The molecule has 0 radical (unpaired) electrons. The molecule has 0 aliphatic rings. The Hall–Kier alpha value is -1.10. The third kappa shape index (κ3) is 5.17. The Bertz CT molecular complexity index is 354. The van der Waals surface area contributed by atoms with Gasteiger partial charge in [0.05, 0.1) is 13.3 Å². The van der Waals surface area contributed by atoms with Gasteiger partial charge in [-0.2, -0.15) is 0 Å². The summed E-state index contributed by atoms with van der Waals surface area (Å²) in [5, 5.41) is 12.5. The average Bonchev–Trinajstić information content (AvgIpc) is 2.31. The minimum Gasteiger partial charge on any atom is -0.381 e. The molecule has 0 aliphatic carbocycles. The van der Waals surface area contributed by atoms with Crippen LogP contribution in [0.4, 0.5) is 0 Å². The second-order valence-corrected chi connectivity index (χ2v) is 4.14. The van der Waals surface area contributed by atoms with Crippen LogP contribution in [0.3, 0.4) is 0 Å². The number of aliphatic hydroxyl groups is 1. The number of hydrogen-bond donors (Lipinski definition) is 2. The van der Waals surface area contributed by atoms with Crippen molar-refractivity contribution < 1.29 is 9.90 Å². The van der Waals surface area contributed by atoms with Gasteiger partial charge < -0.3 is 10.4 Å². The molecule has 0 fully saturated rings. The molecule has 0 heterocycles. The summed E-state index contributed by atoms with van der Waals surface area (Å²) in [5.74, 6) is -0.0875. The van der Waals surface area contributed by atoms with Crippen molar-refractivity contribution in [3.8, 4) is 0 Å². The van der Waals surface area contributed by atoms with Crippen LogP contribution in [0.15, 0.2) is 24.3 Å². The van der Waals surface area contributed by atoms with Crippen LogP contribution in [0.2, 0.25) is 5.02 Å². The molecule has 1 rings (SSSR count). The van der Waals surface area contributed by atoms with E-state index >= 15 is 0 Å². The van der Waals surface area contributed by atoms with Crippen LogP contribution in [-0.2, 0) is 11.3 Å². The summed E-state index contributed by atoms with van der Waals surface area (Å²) < 4.78 is 0. The van der Waals surface area contributed by atoms with Gasteiger partial charge in [0.15, 0.2) is 0 Å². The maximum atomic E-state index is 11.4. The van der Waals surface area contributed by atoms with Crippen LogP contribution in [0.25, 0.3) is 0 Å². The van der Waals surface area contributed by atoms with Gasteiger partial charge >= 0.3 is 0 Å². The van der Waals surface area contributed by atoms with Gasteiger partial charge in [0.25, 0.3) is 0 Å². The van der Waals surface area contributed by atoms with Gasteiger partial charge in [-0.25, -0.2) is 0 Å². The van der Waals surface area contributed by atoms with Crippen LogP contribution >= 0.6 is 11.6 Å². The lowest BCUT2D eigenvalue weighted by Gasteiger charge is -2.18. The normalized spacial score (nSPS) is 10.6. The van der Waals surface area contributed by atoms with Crippen molar-refractivity contribution in [3.05, 3.63) is 34.9 Å². The number of nitrogens with zero attached hydrogens (tertiary/aromatic N) is 1. The van der Waals surface area contributed by atoms with Gasteiger partial charge in [-0.3, -0.25) is 9.69 Å². The molecular weight excluding hydrogens is 240 g/mol. The number of hydrogen-bond acceptors (Lipinski definition) is 3. The molecule has 5 heteroatoms. The van der Waals surface area contributed by atoms with Crippen LogP contribution in [0, 0.1) is 0 Å². The summed E-state index contributed by atoms with van der Waals surface area (Å²) in [6, 6.07) is 7.34. The molecular formula is C12H17ClN2O2. The lowest BCUT2D eigenvalue weighted by atomic mass is 10.2. The monoisotopic (exact) mass is 256 g/mol. The fourth-order valence-corrected chi connectivity index (χ4v) is 1.59. The second-order valence-electron chi connectivity index (χ2n) is 3.71. The van der Waals surface area contributed by atoms with E-state index in [4.69, 9.17) is 11.6 Å². The number of halogens is 1. The standard InChI is InChI=1S/C12H17ClN2O2/c1-2-14-12(17)8-15(9-16)7-10-3-5-11(13)6-4-10/h3-6,16H,2,7-9H2,1H3,(H,14,17). The molecule has 1 aromatic carbocycles. The van der Waals surface area contributed by atoms with E-state index in [1.165, 1.54) is 0 Å². The maximum absolute atomic E-state index is 11.4. The van der Waals surface area contributed by atoms with Crippen molar-refractivity contribution in [1.29, 1.82) is 0 Å². The predicted molar refractivity (Wildman–Crippen MR) is 67.6 cm³/mol. The van der Waals surface area contributed by atoms with Gasteiger partial charge in [0.1, 0.15) is 0 Å². The van der Waals surface area contributed by atoms with E-state index in [0.29, 0.717) is 18.1 Å². The highest BCUT2D eigenvalue weighted by Crippen LogP contribution is 2.11. The quantitative estimate of drug-likeness (QED) is 0.753. The van der Waals surface area contributed by atoms with Crippen molar-refractivity contribution in [2.75, 3.05) is 19.8 Å². The third-order valence-corrected chi connectivity index (χ3v) is 2.51. The highest BCUT2D eigenvalue weighted by molar-refractivity contribution is 6.30. The van der Waals surface area contributed by atoms with E-state index in [1.807, 2.05) is 19.1 Å². The molecule has 0 saturated carbocycles. The highest BCUT2D eigenvalue weighted by Gasteiger charge is 2.09. The molecule has 0 aliphatic heterocycles. The molecule has 0 spiro atoms. The second kappa shape index (κ2) is 7.27. The van der Waals surface area contributed by atoms with Crippen molar-refractivity contribution in [3.63, 3.8) is 0 Å². The van der Waals surface area contributed by atoms with Crippen molar-refractivity contribution in [2.45, 2.75) is 13.5 Å². The van der Waals surface area contributed by atoms with E-state index < -0.39 is 0 Å². The zero-order valence-corrected chi connectivity index (χ0v) is 10.6. The number of rotatable bonds is 6. The summed E-state index contributed by atoms with van der Waals surface area (Å²) in [5.41, 5.74) is 1.01.